The van der Waals surface area contributed by atoms with Gasteiger partial charge in [-0.3, -0.25) is 9.69 Å². The smallest absolute Gasteiger partial charge is 0.321 e. The van der Waals surface area contributed by atoms with E-state index in [4.69, 9.17) is 4.52 Å². The Balaban J connectivity index is 1.86. The van der Waals surface area contributed by atoms with Gasteiger partial charge in [0.25, 0.3) is 0 Å². The summed E-state index contributed by atoms with van der Waals surface area (Å²) in [6, 6.07) is 9.32. The molecular formula is C15H16N2O3. The van der Waals surface area contributed by atoms with Crippen LogP contribution in [0.1, 0.15) is 22.6 Å². The Labute approximate surface area is 116 Å². The quantitative estimate of drug-likeness (QED) is 0.925. The largest absolute Gasteiger partial charge is 0.480 e. The van der Waals surface area contributed by atoms with E-state index in [0.717, 1.165) is 17.0 Å². The number of hydrogen-bond acceptors (Lipinski definition) is 4. The van der Waals surface area contributed by atoms with Gasteiger partial charge >= 0.3 is 5.97 Å². The maximum absolute atomic E-state index is 11.5. The first kappa shape index (κ1) is 12.9. The Morgan fingerprint density at radius 3 is 2.85 bits per heavy atom. The normalized spacial score (nSPS) is 18.8. The zero-order valence-electron chi connectivity index (χ0n) is 11.2. The van der Waals surface area contributed by atoms with Gasteiger partial charge < -0.3 is 9.63 Å². The first-order valence-electron chi connectivity index (χ1n) is 6.59. The number of hydrogen-bond donors (Lipinski definition) is 1. The van der Waals surface area contributed by atoms with Crippen LogP contribution < -0.4 is 0 Å². The second kappa shape index (κ2) is 5.09. The lowest BCUT2D eigenvalue weighted by atomic mass is 9.94. The molecule has 1 atom stereocenters. The van der Waals surface area contributed by atoms with Crippen molar-refractivity contribution in [3.8, 4) is 0 Å². The lowest BCUT2D eigenvalue weighted by Crippen LogP contribution is -2.45. The molecule has 1 aliphatic rings. The highest BCUT2D eigenvalue weighted by Crippen LogP contribution is 2.25. The minimum Gasteiger partial charge on any atom is -0.480 e. The number of aryl methyl sites for hydroxylation is 1. The summed E-state index contributed by atoms with van der Waals surface area (Å²) in [5, 5.41) is 13.4. The van der Waals surface area contributed by atoms with Gasteiger partial charge in [0.05, 0.1) is 5.69 Å². The van der Waals surface area contributed by atoms with Gasteiger partial charge in [0, 0.05) is 19.2 Å². The van der Waals surface area contributed by atoms with Crippen LogP contribution in [0.4, 0.5) is 0 Å². The molecule has 1 unspecified atom stereocenters. The molecule has 0 fully saturated rings. The molecule has 3 rings (SSSR count). The molecule has 0 bridgehead atoms. The van der Waals surface area contributed by atoms with Crippen molar-refractivity contribution < 1.29 is 14.4 Å². The van der Waals surface area contributed by atoms with Crippen LogP contribution in [0.25, 0.3) is 0 Å². The molecule has 5 nitrogen and oxygen atoms in total. The fraction of sp³-hybridized carbons (Fsp3) is 0.333. The number of aliphatic carboxylic acids is 1. The first-order chi connectivity index (χ1) is 9.63. The minimum absolute atomic E-state index is 0.489. The third-order valence-electron chi connectivity index (χ3n) is 3.67. The van der Waals surface area contributed by atoms with E-state index in [-0.39, 0.29) is 0 Å². The van der Waals surface area contributed by atoms with Crippen molar-refractivity contribution in [1.29, 1.82) is 0 Å². The molecule has 1 aromatic carbocycles. The molecule has 1 aromatic heterocycles. The number of carbonyl (C=O) groups is 1. The molecule has 0 saturated carbocycles. The van der Waals surface area contributed by atoms with Crippen LogP contribution in [0.5, 0.6) is 0 Å². The summed E-state index contributed by atoms with van der Waals surface area (Å²) in [7, 11) is 0. The van der Waals surface area contributed by atoms with Crippen molar-refractivity contribution in [2.24, 2.45) is 0 Å². The highest BCUT2D eigenvalue weighted by molar-refractivity contribution is 5.74. The number of fused-ring (bicyclic) bond motifs is 1. The monoisotopic (exact) mass is 272 g/mol. The van der Waals surface area contributed by atoms with Crippen LogP contribution in [-0.2, 0) is 24.3 Å². The predicted octanol–water partition coefficient (Wildman–Crippen LogP) is 1.99. The summed E-state index contributed by atoms with van der Waals surface area (Å²) in [6.45, 7) is 2.94. The Morgan fingerprint density at radius 2 is 2.20 bits per heavy atom. The predicted molar refractivity (Wildman–Crippen MR) is 72.1 cm³/mol. The van der Waals surface area contributed by atoms with E-state index in [9.17, 15) is 9.90 Å². The summed E-state index contributed by atoms with van der Waals surface area (Å²) in [4.78, 5) is 13.4. The van der Waals surface area contributed by atoms with E-state index in [0.29, 0.717) is 19.5 Å². The number of benzene rings is 1. The Morgan fingerprint density at radius 1 is 1.45 bits per heavy atom. The first-order valence-corrected chi connectivity index (χ1v) is 6.59. The molecule has 5 heteroatoms. The summed E-state index contributed by atoms with van der Waals surface area (Å²) in [6.07, 6.45) is 0.530. The number of carboxylic acid groups (broad SMARTS) is 1. The average Bonchev–Trinajstić information content (AvgIpc) is 2.83. The number of aromatic nitrogens is 1. The van der Waals surface area contributed by atoms with Gasteiger partial charge in [0.2, 0.25) is 0 Å². The number of nitrogens with zero attached hydrogens (tertiary/aromatic N) is 2. The van der Waals surface area contributed by atoms with Crippen molar-refractivity contribution in [1.82, 2.24) is 10.1 Å². The molecule has 1 aliphatic heterocycles. The standard InChI is InChI=1S/C15H16N2O3/c1-10-6-13(16-20-10)9-17-8-12-5-3-2-4-11(12)7-14(17)15(18)19/h2-6,14H,7-9H2,1H3,(H,18,19). The molecule has 2 aromatic rings. The van der Waals surface area contributed by atoms with Crippen molar-refractivity contribution in [2.75, 3.05) is 0 Å². The third kappa shape index (κ3) is 2.44. The van der Waals surface area contributed by atoms with Gasteiger partial charge in [-0.05, 0) is 24.5 Å². The SMILES string of the molecule is Cc1cc(CN2Cc3ccccc3CC2C(=O)O)no1. The van der Waals surface area contributed by atoms with Crippen LogP contribution >= 0.6 is 0 Å². The fourth-order valence-corrected chi connectivity index (χ4v) is 2.69. The fourth-order valence-electron chi connectivity index (χ4n) is 2.69. The maximum Gasteiger partial charge on any atom is 0.321 e. The van der Waals surface area contributed by atoms with Crippen LogP contribution in [0.3, 0.4) is 0 Å². The lowest BCUT2D eigenvalue weighted by Gasteiger charge is -2.33. The average molecular weight is 272 g/mol. The van der Waals surface area contributed by atoms with E-state index in [1.165, 1.54) is 5.56 Å². The summed E-state index contributed by atoms with van der Waals surface area (Å²) < 4.78 is 5.05. The molecule has 104 valence electrons. The molecule has 0 saturated heterocycles. The van der Waals surface area contributed by atoms with Crippen molar-refractivity contribution >= 4 is 5.97 Å². The number of carboxylic acids is 1. The lowest BCUT2D eigenvalue weighted by molar-refractivity contribution is -0.144. The molecule has 0 amide bonds. The van der Waals surface area contributed by atoms with Crippen LogP contribution in [0.2, 0.25) is 0 Å². The van der Waals surface area contributed by atoms with Crippen molar-refractivity contribution in [2.45, 2.75) is 32.5 Å². The van der Waals surface area contributed by atoms with E-state index in [1.807, 2.05) is 36.1 Å². The molecule has 0 spiro atoms. The summed E-state index contributed by atoms with van der Waals surface area (Å²) in [5.41, 5.74) is 3.07. The van der Waals surface area contributed by atoms with E-state index >= 15 is 0 Å². The van der Waals surface area contributed by atoms with Gasteiger partial charge in [-0.25, -0.2) is 0 Å². The molecule has 20 heavy (non-hydrogen) atoms. The zero-order chi connectivity index (χ0) is 14.1. The second-order valence-electron chi connectivity index (χ2n) is 5.16. The number of rotatable bonds is 3. The van der Waals surface area contributed by atoms with Crippen LogP contribution in [0.15, 0.2) is 34.9 Å². The molecule has 0 aliphatic carbocycles. The Kier molecular flexibility index (Phi) is 3.28. The Bertz CT molecular complexity index is 636. The Hall–Kier alpha value is -2.14. The van der Waals surface area contributed by atoms with Gasteiger partial charge in [0.15, 0.2) is 0 Å². The maximum atomic E-state index is 11.5. The van der Waals surface area contributed by atoms with Crippen molar-refractivity contribution in [3.63, 3.8) is 0 Å². The molecule has 2 heterocycles. The molecule has 1 N–H and O–H groups in total. The van der Waals surface area contributed by atoms with Crippen LogP contribution in [0, 0.1) is 6.92 Å². The van der Waals surface area contributed by atoms with Crippen LogP contribution in [-0.4, -0.2) is 27.2 Å². The zero-order valence-corrected chi connectivity index (χ0v) is 11.2. The van der Waals surface area contributed by atoms with E-state index in [1.54, 1.807) is 0 Å². The minimum atomic E-state index is -0.792. The third-order valence-corrected chi connectivity index (χ3v) is 3.67. The second-order valence-corrected chi connectivity index (χ2v) is 5.16. The summed E-state index contributed by atoms with van der Waals surface area (Å²) >= 11 is 0. The van der Waals surface area contributed by atoms with Gasteiger partial charge in [-0.1, -0.05) is 29.4 Å². The molecular weight excluding hydrogens is 256 g/mol. The highest BCUT2D eigenvalue weighted by atomic mass is 16.5. The van der Waals surface area contributed by atoms with E-state index in [2.05, 4.69) is 11.2 Å². The van der Waals surface area contributed by atoms with Gasteiger partial charge in [0.1, 0.15) is 11.8 Å². The van der Waals surface area contributed by atoms with E-state index < -0.39 is 12.0 Å². The van der Waals surface area contributed by atoms with Gasteiger partial charge in [-0.2, -0.15) is 0 Å². The van der Waals surface area contributed by atoms with Crippen molar-refractivity contribution in [3.05, 3.63) is 52.9 Å². The topological polar surface area (TPSA) is 66.6 Å². The summed E-state index contributed by atoms with van der Waals surface area (Å²) in [5.74, 6) is -0.0518. The van der Waals surface area contributed by atoms with Gasteiger partial charge in [-0.15, -0.1) is 0 Å². The highest BCUT2D eigenvalue weighted by Gasteiger charge is 2.31. The molecule has 0 radical (unpaired) electrons.